The van der Waals surface area contributed by atoms with E-state index in [4.69, 9.17) is 4.42 Å². The third-order valence-electron chi connectivity index (χ3n) is 3.61. The van der Waals surface area contributed by atoms with Gasteiger partial charge in [0.2, 0.25) is 5.89 Å². The molecule has 0 aliphatic rings. The molecule has 1 aromatic heterocycles. The summed E-state index contributed by atoms with van der Waals surface area (Å²) in [7, 11) is 0. The zero-order valence-corrected chi connectivity index (χ0v) is 11.4. The van der Waals surface area contributed by atoms with Crippen LogP contribution in [0, 0.1) is 10.1 Å². The number of fused-ring (bicyclic) bond motifs is 3. The van der Waals surface area contributed by atoms with Crippen molar-refractivity contribution in [2.45, 2.75) is 0 Å². The van der Waals surface area contributed by atoms with Gasteiger partial charge in [-0.05, 0) is 17.5 Å². The summed E-state index contributed by atoms with van der Waals surface area (Å²) < 4.78 is 5.84. The van der Waals surface area contributed by atoms with Crippen LogP contribution in [-0.2, 0) is 0 Å². The predicted octanol–water partition coefficient (Wildman–Crippen LogP) is 4.56. The number of oxazole rings is 1. The van der Waals surface area contributed by atoms with Crippen LogP contribution in [-0.4, -0.2) is 9.91 Å². The molecule has 1 heterocycles. The van der Waals surface area contributed by atoms with E-state index in [1.165, 1.54) is 6.07 Å². The van der Waals surface area contributed by atoms with Crippen LogP contribution in [0.4, 0.5) is 5.69 Å². The van der Waals surface area contributed by atoms with Gasteiger partial charge in [0.15, 0.2) is 5.58 Å². The quantitative estimate of drug-likeness (QED) is 0.401. The van der Waals surface area contributed by atoms with Crippen LogP contribution >= 0.6 is 0 Å². The van der Waals surface area contributed by atoms with Gasteiger partial charge < -0.3 is 4.42 Å². The Bertz CT molecular complexity index is 1020. The van der Waals surface area contributed by atoms with Crippen LogP contribution in [0.5, 0.6) is 0 Å². The van der Waals surface area contributed by atoms with Crippen molar-refractivity contribution >= 4 is 27.6 Å². The van der Waals surface area contributed by atoms with Crippen LogP contribution in [0.3, 0.4) is 0 Å². The monoisotopic (exact) mass is 290 g/mol. The second-order valence-corrected chi connectivity index (χ2v) is 4.93. The molecule has 0 spiro atoms. The summed E-state index contributed by atoms with van der Waals surface area (Å²) in [5.74, 6) is 0.263. The number of hydrogen-bond acceptors (Lipinski definition) is 4. The molecule has 0 saturated heterocycles. The molecule has 22 heavy (non-hydrogen) atoms. The highest BCUT2D eigenvalue weighted by atomic mass is 16.6. The average molecular weight is 290 g/mol. The zero-order valence-electron chi connectivity index (χ0n) is 11.4. The van der Waals surface area contributed by atoms with Crippen molar-refractivity contribution in [1.82, 2.24) is 4.98 Å². The maximum atomic E-state index is 11.2. The highest BCUT2D eigenvalue weighted by molar-refractivity contribution is 6.03. The Morgan fingerprint density at radius 1 is 0.955 bits per heavy atom. The van der Waals surface area contributed by atoms with Gasteiger partial charge in [0.1, 0.15) is 11.1 Å². The molecule has 0 unspecified atom stereocenters. The van der Waals surface area contributed by atoms with Gasteiger partial charge in [-0.25, -0.2) is 4.98 Å². The Balaban J connectivity index is 2.01. The zero-order chi connectivity index (χ0) is 15.1. The molecule has 4 aromatic rings. The van der Waals surface area contributed by atoms with E-state index < -0.39 is 4.92 Å². The molecule has 5 nitrogen and oxygen atoms in total. The summed E-state index contributed by atoms with van der Waals surface area (Å²) in [5, 5.41) is 13.1. The van der Waals surface area contributed by atoms with Crippen molar-refractivity contribution in [3.8, 4) is 11.5 Å². The second kappa shape index (κ2) is 4.66. The van der Waals surface area contributed by atoms with E-state index in [1.54, 1.807) is 18.2 Å². The van der Waals surface area contributed by atoms with Crippen molar-refractivity contribution in [2.24, 2.45) is 0 Å². The molecule has 0 radical (unpaired) electrons. The number of aromatic nitrogens is 1. The number of benzene rings is 3. The lowest BCUT2D eigenvalue weighted by atomic mass is 10.1. The Morgan fingerprint density at radius 3 is 2.59 bits per heavy atom. The topological polar surface area (TPSA) is 69.2 Å². The Kier molecular flexibility index (Phi) is 2.66. The van der Waals surface area contributed by atoms with Crippen LogP contribution in [0.2, 0.25) is 0 Å². The molecule has 0 fully saturated rings. The number of para-hydroxylation sites is 1. The summed E-state index contributed by atoms with van der Waals surface area (Å²) in [5.41, 5.74) is 1.70. The summed E-state index contributed by atoms with van der Waals surface area (Å²) in [4.78, 5) is 15.1. The fourth-order valence-electron chi connectivity index (χ4n) is 2.58. The minimum Gasteiger partial charge on any atom is -0.435 e. The van der Waals surface area contributed by atoms with Crippen molar-refractivity contribution in [1.29, 1.82) is 0 Å². The highest BCUT2D eigenvalue weighted by Gasteiger charge is 2.19. The van der Waals surface area contributed by atoms with Crippen molar-refractivity contribution in [3.63, 3.8) is 0 Å². The minimum absolute atomic E-state index is 0.0154. The summed E-state index contributed by atoms with van der Waals surface area (Å²) in [6.45, 7) is 0. The van der Waals surface area contributed by atoms with Gasteiger partial charge in [-0.3, -0.25) is 10.1 Å². The van der Waals surface area contributed by atoms with E-state index in [9.17, 15) is 10.1 Å². The van der Waals surface area contributed by atoms with Gasteiger partial charge in [-0.2, -0.15) is 0 Å². The van der Waals surface area contributed by atoms with E-state index in [2.05, 4.69) is 4.98 Å². The van der Waals surface area contributed by atoms with Gasteiger partial charge in [0.05, 0.1) is 4.92 Å². The maximum Gasteiger partial charge on any atom is 0.282 e. The van der Waals surface area contributed by atoms with E-state index in [-0.39, 0.29) is 11.6 Å². The van der Waals surface area contributed by atoms with Gasteiger partial charge in [-0.15, -0.1) is 0 Å². The largest absolute Gasteiger partial charge is 0.435 e. The molecule has 3 aromatic carbocycles. The average Bonchev–Trinajstić information content (AvgIpc) is 2.99. The van der Waals surface area contributed by atoms with Crippen LogP contribution in [0.25, 0.3) is 33.3 Å². The first kappa shape index (κ1) is 12.5. The van der Waals surface area contributed by atoms with Crippen LogP contribution < -0.4 is 0 Å². The third-order valence-corrected chi connectivity index (χ3v) is 3.61. The lowest BCUT2D eigenvalue weighted by Gasteiger charge is -1.97. The molecule has 0 amide bonds. The van der Waals surface area contributed by atoms with Crippen molar-refractivity contribution in [3.05, 3.63) is 70.8 Å². The fourth-order valence-corrected chi connectivity index (χ4v) is 2.58. The maximum absolute atomic E-state index is 11.2. The Hall–Kier alpha value is -3.21. The standard InChI is InChI=1S/C17H10N2O3/c20-19(21)15-8-4-3-7-13(15)17-18-14-10-9-11-5-1-2-6-12(11)16(14)22-17/h1-10H. The van der Waals surface area contributed by atoms with Gasteiger partial charge in [0, 0.05) is 11.5 Å². The summed E-state index contributed by atoms with van der Waals surface area (Å²) >= 11 is 0. The normalized spacial score (nSPS) is 11.1. The number of rotatable bonds is 2. The molecule has 106 valence electrons. The number of hydrogen-bond donors (Lipinski definition) is 0. The summed E-state index contributed by atoms with van der Waals surface area (Å²) in [6, 6.07) is 18.1. The van der Waals surface area contributed by atoms with E-state index >= 15 is 0 Å². The smallest absolute Gasteiger partial charge is 0.282 e. The number of nitrogens with zero attached hydrogens (tertiary/aromatic N) is 2. The Labute approximate surface area is 125 Å². The molecule has 0 atom stereocenters. The molecular formula is C17H10N2O3. The lowest BCUT2D eigenvalue weighted by molar-refractivity contribution is -0.384. The molecule has 0 saturated carbocycles. The van der Waals surface area contributed by atoms with E-state index in [1.807, 2.05) is 36.4 Å². The van der Waals surface area contributed by atoms with Crippen LogP contribution in [0.15, 0.2) is 65.1 Å². The number of nitro benzene ring substituents is 1. The van der Waals surface area contributed by atoms with Gasteiger partial charge in [-0.1, -0.05) is 42.5 Å². The first-order valence-corrected chi connectivity index (χ1v) is 6.76. The molecular weight excluding hydrogens is 280 g/mol. The SMILES string of the molecule is O=[N+]([O-])c1ccccc1-c1nc2ccc3ccccc3c2o1. The van der Waals surface area contributed by atoms with E-state index in [0.717, 1.165) is 10.8 Å². The van der Waals surface area contributed by atoms with Crippen molar-refractivity contribution in [2.75, 3.05) is 0 Å². The van der Waals surface area contributed by atoms with Gasteiger partial charge in [0.25, 0.3) is 5.69 Å². The lowest BCUT2D eigenvalue weighted by Crippen LogP contribution is -1.91. The molecule has 0 N–H and O–H groups in total. The molecule has 0 aliphatic heterocycles. The minimum atomic E-state index is -0.428. The molecule has 0 aliphatic carbocycles. The highest BCUT2D eigenvalue weighted by Crippen LogP contribution is 2.33. The third kappa shape index (κ3) is 1.83. The first-order valence-electron chi connectivity index (χ1n) is 6.76. The fraction of sp³-hybridized carbons (Fsp3) is 0. The second-order valence-electron chi connectivity index (χ2n) is 4.93. The van der Waals surface area contributed by atoms with Gasteiger partial charge >= 0.3 is 0 Å². The molecule has 5 heteroatoms. The number of nitro groups is 1. The first-order chi connectivity index (χ1) is 10.7. The van der Waals surface area contributed by atoms with Crippen molar-refractivity contribution < 1.29 is 9.34 Å². The predicted molar refractivity (Wildman–Crippen MR) is 83.6 cm³/mol. The van der Waals surface area contributed by atoms with E-state index in [0.29, 0.717) is 16.7 Å². The Morgan fingerprint density at radius 2 is 1.73 bits per heavy atom. The van der Waals surface area contributed by atoms with Crippen LogP contribution in [0.1, 0.15) is 0 Å². The molecule has 4 rings (SSSR count). The molecule has 0 bridgehead atoms. The summed E-state index contributed by atoms with van der Waals surface area (Å²) in [6.07, 6.45) is 0.